The molecule has 26 heavy (non-hydrogen) atoms. The van der Waals surface area contributed by atoms with E-state index in [1.165, 1.54) is 4.88 Å². The van der Waals surface area contributed by atoms with E-state index in [2.05, 4.69) is 37.9 Å². The van der Waals surface area contributed by atoms with Gasteiger partial charge in [0.15, 0.2) is 5.82 Å². The lowest BCUT2D eigenvalue weighted by Crippen LogP contribution is -2.44. The summed E-state index contributed by atoms with van der Waals surface area (Å²) >= 11 is 7.66. The van der Waals surface area contributed by atoms with Crippen molar-refractivity contribution in [1.29, 1.82) is 0 Å². The molecule has 0 unspecified atom stereocenters. The van der Waals surface area contributed by atoms with E-state index >= 15 is 0 Å². The maximum absolute atomic E-state index is 12.4. The van der Waals surface area contributed by atoms with E-state index in [0.717, 1.165) is 37.4 Å². The largest absolute Gasteiger partial charge is 0.355 e. The van der Waals surface area contributed by atoms with Crippen LogP contribution in [-0.2, 0) is 0 Å². The fourth-order valence-electron chi connectivity index (χ4n) is 3.18. The molecule has 2 N–H and O–H groups in total. The molecule has 1 saturated heterocycles. The Labute approximate surface area is 161 Å². The number of aromatic nitrogens is 2. The number of carbonyl (C=O) groups is 1. The number of hydrogen-bond donors (Lipinski definition) is 2. The Morgan fingerprint density at radius 1 is 1.23 bits per heavy atom. The molecule has 1 fully saturated rings. The second-order valence-electron chi connectivity index (χ2n) is 6.36. The third-order valence-electron chi connectivity index (χ3n) is 4.59. The van der Waals surface area contributed by atoms with E-state index < -0.39 is 0 Å². The topological polar surface area (TPSA) is 61.0 Å². The van der Waals surface area contributed by atoms with Gasteiger partial charge in [-0.05, 0) is 42.5 Å². The minimum atomic E-state index is -0.0642. The number of anilines is 1. The Bertz CT molecular complexity index is 885. The summed E-state index contributed by atoms with van der Waals surface area (Å²) in [5.74, 6) is 0.902. The van der Waals surface area contributed by atoms with E-state index in [4.69, 9.17) is 11.6 Å². The standard InChI is InChI=1S/C19H19ClN4OS/c20-14-4-1-3-13(11-14)19(25)21-15-6-8-24(9-7-15)18-12-16(22-23-18)17-5-2-10-26-17/h1-5,10-12,15H,6-9H2,(H,21,25)(H,22,23). The number of nitrogens with one attached hydrogen (secondary N) is 2. The molecule has 7 heteroatoms. The third-order valence-corrected chi connectivity index (χ3v) is 5.73. The van der Waals surface area contributed by atoms with Gasteiger partial charge < -0.3 is 10.2 Å². The highest BCUT2D eigenvalue weighted by molar-refractivity contribution is 7.13. The van der Waals surface area contributed by atoms with Crippen LogP contribution in [0.4, 0.5) is 5.82 Å². The van der Waals surface area contributed by atoms with Gasteiger partial charge in [-0.15, -0.1) is 11.3 Å². The maximum atomic E-state index is 12.4. The molecule has 0 saturated carbocycles. The van der Waals surface area contributed by atoms with Crippen LogP contribution in [0.2, 0.25) is 5.02 Å². The van der Waals surface area contributed by atoms with Crippen molar-refractivity contribution in [3.05, 3.63) is 58.4 Å². The van der Waals surface area contributed by atoms with Gasteiger partial charge in [-0.3, -0.25) is 9.89 Å². The summed E-state index contributed by atoms with van der Waals surface area (Å²) < 4.78 is 0. The van der Waals surface area contributed by atoms with E-state index in [0.29, 0.717) is 10.6 Å². The molecule has 0 aliphatic carbocycles. The first kappa shape index (κ1) is 17.1. The first-order valence-electron chi connectivity index (χ1n) is 8.60. The van der Waals surface area contributed by atoms with Crippen LogP contribution in [-0.4, -0.2) is 35.2 Å². The number of amides is 1. The average Bonchev–Trinajstić information content (AvgIpc) is 3.34. The Balaban J connectivity index is 1.33. The van der Waals surface area contributed by atoms with Crippen molar-refractivity contribution >= 4 is 34.7 Å². The molecule has 2 aromatic heterocycles. The number of thiophene rings is 1. The number of piperidine rings is 1. The molecule has 134 valence electrons. The fourth-order valence-corrected chi connectivity index (χ4v) is 4.07. The predicted octanol–water partition coefficient (Wildman–Crippen LogP) is 4.19. The van der Waals surface area contributed by atoms with Crippen molar-refractivity contribution in [3.8, 4) is 10.6 Å². The highest BCUT2D eigenvalue weighted by Gasteiger charge is 2.23. The molecule has 1 aliphatic heterocycles. The lowest BCUT2D eigenvalue weighted by molar-refractivity contribution is 0.0931. The normalized spacial score (nSPS) is 15.2. The molecule has 4 rings (SSSR count). The Hall–Kier alpha value is -2.31. The second-order valence-corrected chi connectivity index (χ2v) is 7.75. The highest BCUT2D eigenvalue weighted by atomic mass is 35.5. The van der Waals surface area contributed by atoms with Gasteiger partial charge in [0.25, 0.3) is 5.91 Å². The molecule has 5 nitrogen and oxygen atoms in total. The first-order chi connectivity index (χ1) is 12.7. The van der Waals surface area contributed by atoms with Crippen molar-refractivity contribution in [2.45, 2.75) is 18.9 Å². The lowest BCUT2D eigenvalue weighted by Gasteiger charge is -2.32. The molecule has 0 radical (unpaired) electrons. The molecule has 3 heterocycles. The SMILES string of the molecule is O=C(NC1CCN(c2cc(-c3cccs3)[nH]n2)CC1)c1cccc(Cl)c1. The molecule has 1 aliphatic rings. The van der Waals surface area contributed by atoms with Crippen LogP contribution in [0.3, 0.4) is 0 Å². The smallest absolute Gasteiger partial charge is 0.251 e. The van der Waals surface area contributed by atoms with Crippen molar-refractivity contribution in [2.75, 3.05) is 18.0 Å². The average molecular weight is 387 g/mol. The number of aromatic amines is 1. The van der Waals surface area contributed by atoms with Crippen LogP contribution in [0, 0.1) is 0 Å². The summed E-state index contributed by atoms with van der Waals surface area (Å²) in [5, 5.41) is 13.3. The van der Waals surface area contributed by atoms with Gasteiger partial charge >= 0.3 is 0 Å². The molecule has 1 aromatic carbocycles. The second kappa shape index (κ2) is 7.51. The van der Waals surface area contributed by atoms with Crippen LogP contribution < -0.4 is 10.2 Å². The summed E-state index contributed by atoms with van der Waals surface area (Å²) in [6.07, 6.45) is 1.79. The number of H-pyrrole nitrogens is 1. The van der Waals surface area contributed by atoms with Crippen LogP contribution >= 0.6 is 22.9 Å². The van der Waals surface area contributed by atoms with Crippen LogP contribution in [0.5, 0.6) is 0 Å². The Morgan fingerprint density at radius 2 is 2.08 bits per heavy atom. The monoisotopic (exact) mass is 386 g/mol. The number of hydrogen-bond acceptors (Lipinski definition) is 4. The van der Waals surface area contributed by atoms with Gasteiger partial charge in [-0.1, -0.05) is 23.7 Å². The number of benzene rings is 1. The van der Waals surface area contributed by atoms with Gasteiger partial charge in [0, 0.05) is 35.8 Å². The summed E-state index contributed by atoms with van der Waals surface area (Å²) in [4.78, 5) is 15.8. The highest BCUT2D eigenvalue weighted by Crippen LogP contribution is 2.27. The molecule has 0 bridgehead atoms. The molecular formula is C19H19ClN4OS. The Kier molecular flexibility index (Phi) is 4.95. The van der Waals surface area contributed by atoms with Crippen molar-refractivity contribution in [3.63, 3.8) is 0 Å². The molecular weight excluding hydrogens is 368 g/mol. The minimum Gasteiger partial charge on any atom is -0.355 e. The molecule has 1 amide bonds. The summed E-state index contributed by atoms with van der Waals surface area (Å²) in [6, 6.07) is 13.4. The van der Waals surface area contributed by atoms with Crippen molar-refractivity contribution in [2.24, 2.45) is 0 Å². The number of nitrogens with zero attached hydrogens (tertiary/aromatic N) is 2. The van der Waals surface area contributed by atoms with Gasteiger partial charge in [0.2, 0.25) is 0 Å². The van der Waals surface area contributed by atoms with E-state index in [-0.39, 0.29) is 11.9 Å². The summed E-state index contributed by atoms with van der Waals surface area (Å²) in [7, 11) is 0. The number of halogens is 1. The Morgan fingerprint density at radius 3 is 2.81 bits per heavy atom. The van der Waals surface area contributed by atoms with Crippen molar-refractivity contribution < 1.29 is 4.79 Å². The van der Waals surface area contributed by atoms with Gasteiger partial charge in [-0.25, -0.2) is 0 Å². The molecule has 3 aromatic rings. The van der Waals surface area contributed by atoms with Gasteiger partial charge in [0.05, 0.1) is 10.6 Å². The number of carbonyl (C=O) groups excluding carboxylic acids is 1. The van der Waals surface area contributed by atoms with Crippen molar-refractivity contribution in [1.82, 2.24) is 15.5 Å². The molecule has 0 spiro atoms. The van der Waals surface area contributed by atoms with Crippen LogP contribution in [0.25, 0.3) is 10.6 Å². The zero-order valence-corrected chi connectivity index (χ0v) is 15.7. The third kappa shape index (κ3) is 3.76. The molecule has 0 atom stereocenters. The lowest BCUT2D eigenvalue weighted by atomic mass is 10.0. The summed E-state index contributed by atoms with van der Waals surface area (Å²) in [6.45, 7) is 1.74. The zero-order chi connectivity index (χ0) is 17.9. The maximum Gasteiger partial charge on any atom is 0.251 e. The van der Waals surface area contributed by atoms with E-state index in [1.54, 1.807) is 35.6 Å². The summed E-state index contributed by atoms with van der Waals surface area (Å²) in [5.41, 5.74) is 1.65. The predicted molar refractivity (Wildman–Crippen MR) is 106 cm³/mol. The van der Waals surface area contributed by atoms with Gasteiger partial charge in [0.1, 0.15) is 0 Å². The van der Waals surface area contributed by atoms with Crippen LogP contribution in [0.1, 0.15) is 23.2 Å². The zero-order valence-electron chi connectivity index (χ0n) is 14.1. The fraction of sp³-hybridized carbons (Fsp3) is 0.263. The van der Waals surface area contributed by atoms with E-state index in [1.807, 2.05) is 6.07 Å². The first-order valence-corrected chi connectivity index (χ1v) is 9.85. The van der Waals surface area contributed by atoms with Gasteiger partial charge in [-0.2, -0.15) is 5.10 Å². The number of rotatable bonds is 4. The quantitative estimate of drug-likeness (QED) is 0.706. The van der Waals surface area contributed by atoms with E-state index in [9.17, 15) is 4.79 Å². The van der Waals surface area contributed by atoms with Crippen LogP contribution in [0.15, 0.2) is 47.8 Å². The minimum absolute atomic E-state index is 0.0642.